The predicted molar refractivity (Wildman–Crippen MR) is 72.6 cm³/mol. The molecule has 4 heteroatoms. The summed E-state index contributed by atoms with van der Waals surface area (Å²) in [6.45, 7) is 6.01. The number of nitrogens with zero attached hydrogens (tertiary/aromatic N) is 1. The highest BCUT2D eigenvalue weighted by Crippen LogP contribution is 2.16. The molecule has 1 amide bonds. The van der Waals surface area contributed by atoms with Crippen LogP contribution in [0.3, 0.4) is 0 Å². The fraction of sp³-hybridized carbons (Fsp3) is 0.571. The zero-order valence-electron chi connectivity index (χ0n) is 11.1. The van der Waals surface area contributed by atoms with Gasteiger partial charge in [-0.2, -0.15) is 0 Å². The Balaban J connectivity index is 1.82. The van der Waals surface area contributed by atoms with Crippen molar-refractivity contribution in [2.45, 2.75) is 33.1 Å². The molecule has 4 nitrogen and oxygen atoms in total. The summed E-state index contributed by atoms with van der Waals surface area (Å²) in [5.74, 6) is 0.753. The van der Waals surface area contributed by atoms with Crippen LogP contribution in [-0.4, -0.2) is 24.0 Å². The van der Waals surface area contributed by atoms with Crippen LogP contribution in [0.15, 0.2) is 12.1 Å². The number of nitrogens with one attached hydrogen (secondary N) is 2. The second-order valence-electron chi connectivity index (χ2n) is 5.03. The molecule has 2 N–H and O–H groups in total. The fourth-order valence-corrected chi connectivity index (χ4v) is 2.33. The summed E-state index contributed by atoms with van der Waals surface area (Å²) in [6.07, 6.45) is 2.76. The average Bonchev–Trinajstić information content (AvgIpc) is 2.83. The van der Waals surface area contributed by atoms with E-state index in [-0.39, 0.29) is 5.91 Å². The highest BCUT2D eigenvalue weighted by molar-refractivity contribution is 5.91. The zero-order chi connectivity index (χ0) is 13.0. The van der Waals surface area contributed by atoms with Gasteiger partial charge in [-0.15, -0.1) is 0 Å². The molecule has 98 valence electrons. The van der Waals surface area contributed by atoms with E-state index in [4.69, 9.17) is 0 Å². The van der Waals surface area contributed by atoms with Gasteiger partial charge in [0.1, 0.15) is 0 Å². The molecule has 0 saturated carbocycles. The Bertz CT molecular complexity index is 425. The Morgan fingerprint density at radius 3 is 3.00 bits per heavy atom. The second kappa shape index (κ2) is 5.96. The summed E-state index contributed by atoms with van der Waals surface area (Å²) in [5, 5.41) is 6.26. The molecular formula is C14H21N3O. The lowest BCUT2D eigenvalue weighted by molar-refractivity contribution is -0.116. The molecule has 1 aliphatic rings. The van der Waals surface area contributed by atoms with E-state index in [0.717, 1.165) is 36.6 Å². The summed E-state index contributed by atoms with van der Waals surface area (Å²) < 4.78 is 0. The first-order valence-electron chi connectivity index (χ1n) is 6.60. The Hall–Kier alpha value is -1.42. The number of aryl methyl sites for hydroxylation is 2. The van der Waals surface area contributed by atoms with E-state index in [2.05, 4.69) is 15.6 Å². The first kappa shape index (κ1) is 13.0. The quantitative estimate of drug-likeness (QED) is 0.856. The van der Waals surface area contributed by atoms with Gasteiger partial charge in [0, 0.05) is 12.1 Å². The summed E-state index contributed by atoms with van der Waals surface area (Å²) in [7, 11) is 0. The summed E-state index contributed by atoms with van der Waals surface area (Å²) in [4.78, 5) is 16.2. The molecule has 1 aliphatic heterocycles. The monoisotopic (exact) mass is 247 g/mol. The van der Waals surface area contributed by atoms with Gasteiger partial charge in [-0.05, 0) is 57.8 Å². The molecule has 0 aliphatic carbocycles. The molecule has 18 heavy (non-hydrogen) atoms. The summed E-state index contributed by atoms with van der Waals surface area (Å²) in [5.41, 5.74) is 2.68. The van der Waals surface area contributed by atoms with Crippen LogP contribution in [0.1, 0.15) is 30.7 Å². The van der Waals surface area contributed by atoms with Crippen molar-refractivity contribution in [2.24, 2.45) is 5.92 Å². The third kappa shape index (κ3) is 3.53. The Labute approximate surface area is 108 Å². The summed E-state index contributed by atoms with van der Waals surface area (Å²) in [6, 6.07) is 3.84. The van der Waals surface area contributed by atoms with E-state index >= 15 is 0 Å². The van der Waals surface area contributed by atoms with E-state index in [1.54, 1.807) is 0 Å². The normalized spacial score (nSPS) is 18.9. The maximum Gasteiger partial charge on any atom is 0.224 e. The lowest BCUT2D eigenvalue weighted by atomic mass is 10.0. The molecule has 1 saturated heterocycles. The van der Waals surface area contributed by atoms with Crippen molar-refractivity contribution >= 4 is 11.6 Å². The highest BCUT2D eigenvalue weighted by Gasteiger charge is 2.15. The van der Waals surface area contributed by atoms with Crippen molar-refractivity contribution in [1.82, 2.24) is 10.3 Å². The average molecular weight is 247 g/mol. The van der Waals surface area contributed by atoms with Gasteiger partial charge >= 0.3 is 0 Å². The molecule has 1 unspecified atom stereocenters. The molecule has 2 heterocycles. The van der Waals surface area contributed by atoms with E-state index in [0.29, 0.717) is 12.3 Å². The molecule has 1 fully saturated rings. The van der Waals surface area contributed by atoms with Crippen LogP contribution in [0, 0.1) is 19.8 Å². The van der Waals surface area contributed by atoms with Crippen LogP contribution in [0.2, 0.25) is 0 Å². The predicted octanol–water partition coefficient (Wildman–Crippen LogP) is 2.03. The van der Waals surface area contributed by atoms with Crippen LogP contribution >= 0.6 is 0 Å². The number of carbonyl (C=O) groups excluding carboxylic acids is 1. The smallest absolute Gasteiger partial charge is 0.224 e. The number of anilines is 1. The second-order valence-corrected chi connectivity index (χ2v) is 5.03. The third-order valence-electron chi connectivity index (χ3n) is 3.44. The first-order chi connectivity index (χ1) is 8.65. The molecule has 2 rings (SSSR count). The van der Waals surface area contributed by atoms with Crippen LogP contribution in [0.5, 0.6) is 0 Å². The number of hydrogen-bond donors (Lipinski definition) is 2. The number of aromatic nitrogens is 1. The molecule has 0 bridgehead atoms. The van der Waals surface area contributed by atoms with E-state index < -0.39 is 0 Å². The molecule has 1 atom stereocenters. The molecular weight excluding hydrogens is 226 g/mol. The van der Waals surface area contributed by atoms with Crippen molar-refractivity contribution in [3.8, 4) is 0 Å². The SMILES string of the molecule is Cc1ccc(NC(=O)CCC2CCNC2)c(C)n1. The van der Waals surface area contributed by atoms with Crippen molar-refractivity contribution in [3.63, 3.8) is 0 Å². The Morgan fingerprint density at radius 2 is 2.33 bits per heavy atom. The van der Waals surface area contributed by atoms with Gasteiger partial charge in [-0.3, -0.25) is 9.78 Å². The van der Waals surface area contributed by atoms with Gasteiger partial charge < -0.3 is 10.6 Å². The summed E-state index contributed by atoms with van der Waals surface area (Å²) >= 11 is 0. The van der Waals surface area contributed by atoms with Gasteiger partial charge in [-0.25, -0.2) is 0 Å². The van der Waals surface area contributed by atoms with Crippen molar-refractivity contribution in [1.29, 1.82) is 0 Å². The highest BCUT2D eigenvalue weighted by atomic mass is 16.1. The number of amides is 1. The number of pyridine rings is 1. The van der Waals surface area contributed by atoms with Crippen LogP contribution in [-0.2, 0) is 4.79 Å². The van der Waals surface area contributed by atoms with Crippen molar-refractivity contribution in [2.75, 3.05) is 18.4 Å². The molecule has 0 radical (unpaired) electrons. The lowest BCUT2D eigenvalue weighted by Crippen LogP contribution is -2.15. The number of hydrogen-bond acceptors (Lipinski definition) is 3. The fourth-order valence-electron chi connectivity index (χ4n) is 2.33. The minimum Gasteiger partial charge on any atom is -0.325 e. The van der Waals surface area contributed by atoms with Gasteiger partial charge in [-0.1, -0.05) is 0 Å². The van der Waals surface area contributed by atoms with E-state index in [9.17, 15) is 4.79 Å². The Morgan fingerprint density at radius 1 is 1.50 bits per heavy atom. The molecule has 0 aromatic carbocycles. The molecule has 1 aromatic rings. The minimum absolute atomic E-state index is 0.0932. The lowest BCUT2D eigenvalue weighted by Gasteiger charge is -2.10. The maximum absolute atomic E-state index is 11.8. The van der Waals surface area contributed by atoms with Crippen molar-refractivity contribution < 1.29 is 4.79 Å². The zero-order valence-corrected chi connectivity index (χ0v) is 11.1. The van der Waals surface area contributed by atoms with Gasteiger partial charge in [0.15, 0.2) is 0 Å². The molecule has 0 spiro atoms. The molecule has 1 aromatic heterocycles. The first-order valence-corrected chi connectivity index (χ1v) is 6.60. The van der Waals surface area contributed by atoms with E-state index in [1.807, 2.05) is 26.0 Å². The van der Waals surface area contributed by atoms with Gasteiger partial charge in [0.2, 0.25) is 5.91 Å². The number of rotatable bonds is 4. The van der Waals surface area contributed by atoms with Crippen LogP contribution < -0.4 is 10.6 Å². The van der Waals surface area contributed by atoms with E-state index in [1.165, 1.54) is 6.42 Å². The van der Waals surface area contributed by atoms with Crippen LogP contribution in [0.4, 0.5) is 5.69 Å². The van der Waals surface area contributed by atoms with Gasteiger partial charge in [0.25, 0.3) is 0 Å². The number of carbonyl (C=O) groups is 1. The standard InChI is InChI=1S/C14H21N3O/c1-10-3-5-13(11(2)16-10)17-14(18)6-4-12-7-8-15-9-12/h3,5,12,15H,4,6-9H2,1-2H3,(H,17,18). The largest absolute Gasteiger partial charge is 0.325 e. The van der Waals surface area contributed by atoms with Crippen molar-refractivity contribution in [3.05, 3.63) is 23.5 Å². The minimum atomic E-state index is 0.0932. The Kier molecular flexibility index (Phi) is 4.31. The van der Waals surface area contributed by atoms with Crippen LogP contribution in [0.25, 0.3) is 0 Å². The maximum atomic E-state index is 11.8. The van der Waals surface area contributed by atoms with Gasteiger partial charge in [0.05, 0.1) is 11.4 Å². The third-order valence-corrected chi connectivity index (χ3v) is 3.44. The topological polar surface area (TPSA) is 54.0 Å².